The van der Waals surface area contributed by atoms with Crippen LogP contribution in [0.5, 0.6) is 0 Å². The van der Waals surface area contributed by atoms with E-state index in [-0.39, 0.29) is 5.82 Å². The number of nitrogens with one attached hydrogen (secondary N) is 2. The first-order chi connectivity index (χ1) is 9.74. The number of H-pyrrole nitrogens is 1. The van der Waals surface area contributed by atoms with Gasteiger partial charge < -0.3 is 5.32 Å². The Morgan fingerprint density at radius 3 is 2.95 bits per heavy atom. The van der Waals surface area contributed by atoms with E-state index in [1.165, 1.54) is 10.6 Å². The summed E-state index contributed by atoms with van der Waals surface area (Å²) in [6.07, 6.45) is 0.534. The summed E-state index contributed by atoms with van der Waals surface area (Å²) in [5.74, 6) is 0.320. The second kappa shape index (κ2) is 5.12. The van der Waals surface area contributed by atoms with E-state index in [1.807, 2.05) is 0 Å². The quantitative estimate of drug-likeness (QED) is 0.749. The van der Waals surface area contributed by atoms with Crippen molar-refractivity contribution in [3.05, 3.63) is 58.3 Å². The Bertz CT molecular complexity index is 795. The lowest BCUT2D eigenvalue weighted by molar-refractivity contribution is 0.610. The van der Waals surface area contributed by atoms with Gasteiger partial charge >= 0.3 is 5.69 Å². The van der Waals surface area contributed by atoms with Gasteiger partial charge in [-0.3, -0.25) is 0 Å². The zero-order chi connectivity index (χ0) is 13.9. The number of anilines is 1. The standard InChI is InChI=1S/C13H12FN5O/c14-10-4-2-1-3-9(10)7-8-15-11-5-6-12-16-17-13(20)19(12)18-11/h1-6H,7-8H2,(H,15,18)(H,17,20). The second-order valence-electron chi connectivity index (χ2n) is 4.29. The molecule has 0 fully saturated rings. The summed E-state index contributed by atoms with van der Waals surface area (Å²) in [6.45, 7) is 0.520. The molecule has 0 bridgehead atoms. The van der Waals surface area contributed by atoms with Crippen molar-refractivity contribution in [2.24, 2.45) is 0 Å². The molecule has 0 amide bonds. The number of nitrogens with zero attached hydrogens (tertiary/aromatic N) is 3. The van der Waals surface area contributed by atoms with E-state index >= 15 is 0 Å². The average molecular weight is 273 g/mol. The van der Waals surface area contributed by atoms with Gasteiger partial charge in [0.2, 0.25) is 0 Å². The Hall–Kier alpha value is -2.70. The van der Waals surface area contributed by atoms with Gasteiger partial charge in [0.15, 0.2) is 5.65 Å². The van der Waals surface area contributed by atoms with E-state index in [0.717, 1.165) is 0 Å². The highest BCUT2D eigenvalue weighted by Crippen LogP contribution is 2.08. The lowest BCUT2D eigenvalue weighted by Crippen LogP contribution is -2.15. The molecule has 0 aliphatic carbocycles. The monoisotopic (exact) mass is 273 g/mol. The number of rotatable bonds is 4. The average Bonchev–Trinajstić information content (AvgIpc) is 2.82. The van der Waals surface area contributed by atoms with Crippen LogP contribution in [0.2, 0.25) is 0 Å². The molecular formula is C13H12FN5O. The van der Waals surface area contributed by atoms with Crippen LogP contribution in [0.1, 0.15) is 5.56 Å². The molecule has 0 unspecified atom stereocenters. The normalized spacial score (nSPS) is 10.8. The number of halogens is 1. The topological polar surface area (TPSA) is 75.1 Å². The van der Waals surface area contributed by atoms with Crippen molar-refractivity contribution in [3.8, 4) is 0 Å². The van der Waals surface area contributed by atoms with Crippen molar-refractivity contribution in [2.45, 2.75) is 6.42 Å². The lowest BCUT2D eigenvalue weighted by Gasteiger charge is -2.06. The molecule has 7 heteroatoms. The minimum Gasteiger partial charge on any atom is -0.368 e. The van der Waals surface area contributed by atoms with Crippen LogP contribution in [0.4, 0.5) is 10.2 Å². The minimum atomic E-state index is -0.391. The van der Waals surface area contributed by atoms with Crippen LogP contribution in [0.3, 0.4) is 0 Å². The smallest absolute Gasteiger partial charge is 0.364 e. The number of aromatic amines is 1. The Morgan fingerprint density at radius 1 is 1.25 bits per heavy atom. The highest BCUT2D eigenvalue weighted by Gasteiger charge is 2.03. The molecule has 3 aromatic rings. The van der Waals surface area contributed by atoms with Crippen LogP contribution in [0, 0.1) is 5.82 Å². The van der Waals surface area contributed by atoms with E-state index in [4.69, 9.17) is 0 Å². The fourth-order valence-corrected chi connectivity index (χ4v) is 1.92. The second-order valence-corrected chi connectivity index (χ2v) is 4.29. The Morgan fingerprint density at radius 2 is 2.10 bits per heavy atom. The maximum absolute atomic E-state index is 13.4. The molecule has 0 saturated carbocycles. The molecule has 1 aromatic carbocycles. The van der Waals surface area contributed by atoms with Crippen LogP contribution in [-0.2, 0) is 6.42 Å². The van der Waals surface area contributed by atoms with Gasteiger partial charge in [-0.2, -0.15) is 9.61 Å². The molecule has 20 heavy (non-hydrogen) atoms. The number of benzene rings is 1. The Kier molecular flexibility index (Phi) is 3.16. The van der Waals surface area contributed by atoms with Crippen LogP contribution in [0.15, 0.2) is 41.2 Å². The number of hydrogen-bond donors (Lipinski definition) is 2. The van der Waals surface area contributed by atoms with Crippen LogP contribution in [-0.4, -0.2) is 26.4 Å². The summed E-state index contributed by atoms with van der Waals surface area (Å²) < 4.78 is 14.6. The molecular weight excluding hydrogens is 261 g/mol. The molecule has 0 saturated heterocycles. The molecule has 6 nitrogen and oxygen atoms in total. The number of fused-ring (bicyclic) bond motifs is 1. The SMILES string of the molecule is O=c1[nH]nc2ccc(NCCc3ccccc3F)nn12. The van der Waals surface area contributed by atoms with Crippen molar-refractivity contribution < 1.29 is 4.39 Å². The van der Waals surface area contributed by atoms with Gasteiger partial charge in [0, 0.05) is 6.54 Å². The third-order valence-corrected chi connectivity index (χ3v) is 2.93. The summed E-state index contributed by atoms with van der Waals surface area (Å²) in [5, 5.41) is 13.2. The van der Waals surface area contributed by atoms with E-state index in [9.17, 15) is 9.18 Å². The summed E-state index contributed by atoms with van der Waals surface area (Å²) in [5.41, 5.74) is 0.703. The molecule has 2 N–H and O–H groups in total. The first-order valence-electron chi connectivity index (χ1n) is 6.16. The molecule has 0 spiro atoms. The maximum atomic E-state index is 13.4. The molecule has 0 radical (unpaired) electrons. The van der Waals surface area contributed by atoms with E-state index in [0.29, 0.717) is 30.0 Å². The fourth-order valence-electron chi connectivity index (χ4n) is 1.92. The van der Waals surface area contributed by atoms with Gasteiger partial charge in [-0.15, -0.1) is 5.10 Å². The van der Waals surface area contributed by atoms with Crippen LogP contribution >= 0.6 is 0 Å². The molecule has 0 aliphatic heterocycles. The van der Waals surface area contributed by atoms with E-state index in [2.05, 4.69) is 20.6 Å². The number of hydrogen-bond acceptors (Lipinski definition) is 4. The molecule has 2 aromatic heterocycles. The lowest BCUT2D eigenvalue weighted by atomic mass is 10.1. The van der Waals surface area contributed by atoms with E-state index in [1.54, 1.807) is 30.3 Å². The third kappa shape index (κ3) is 2.37. The molecule has 0 aliphatic rings. The Balaban J connectivity index is 1.69. The third-order valence-electron chi connectivity index (χ3n) is 2.93. The first kappa shape index (κ1) is 12.3. The fraction of sp³-hybridized carbons (Fsp3) is 0.154. The van der Waals surface area contributed by atoms with Gasteiger partial charge in [0.1, 0.15) is 11.6 Å². The minimum absolute atomic E-state index is 0.219. The highest BCUT2D eigenvalue weighted by molar-refractivity contribution is 5.43. The highest BCUT2D eigenvalue weighted by atomic mass is 19.1. The summed E-state index contributed by atoms with van der Waals surface area (Å²) in [4.78, 5) is 11.4. The van der Waals surface area contributed by atoms with Gasteiger partial charge in [0.25, 0.3) is 0 Å². The number of aromatic nitrogens is 4. The van der Waals surface area contributed by atoms with Gasteiger partial charge in [-0.05, 0) is 30.2 Å². The van der Waals surface area contributed by atoms with Gasteiger partial charge in [-0.1, -0.05) is 18.2 Å². The van der Waals surface area contributed by atoms with Crippen molar-refractivity contribution in [2.75, 3.05) is 11.9 Å². The van der Waals surface area contributed by atoms with Crippen molar-refractivity contribution in [1.29, 1.82) is 0 Å². The predicted molar refractivity (Wildman–Crippen MR) is 72.2 cm³/mol. The predicted octanol–water partition coefficient (Wildman–Crippen LogP) is 1.21. The van der Waals surface area contributed by atoms with E-state index < -0.39 is 5.69 Å². The van der Waals surface area contributed by atoms with Crippen LogP contribution in [0.25, 0.3) is 5.65 Å². The zero-order valence-corrected chi connectivity index (χ0v) is 10.5. The van der Waals surface area contributed by atoms with Crippen molar-refractivity contribution >= 4 is 11.5 Å². The molecule has 0 atom stereocenters. The van der Waals surface area contributed by atoms with Crippen molar-refractivity contribution in [1.82, 2.24) is 19.8 Å². The van der Waals surface area contributed by atoms with Crippen molar-refractivity contribution in [3.63, 3.8) is 0 Å². The molecule has 3 rings (SSSR count). The molecule has 102 valence electrons. The van der Waals surface area contributed by atoms with Gasteiger partial charge in [0.05, 0.1) is 0 Å². The zero-order valence-electron chi connectivity index (χ0n) is 10.5. The summed E-state index contributed by atoms with van der Waals surface area (Å²) in [7, 11) is 0. The maximum Gasteiger partial charge on any atom is 0.364 e. The summed E-state index contributed by atoms with van der Waals surface area (Å²) in [6, 6.07) is 10.0. The molecule has 2 heterocycles. The largest absolute Gasteiger partial charge is 0.368 e. The summed E-state index contributed by atoms with van der Waals surface area (Å²) >= 11 is 0. The van der Waals surface area contributed by atoms with Gasteiger partial charge in [-0.25, -0.2) is 14.3 Å². The van der Waals surface area contributed by atoms with Crippen LogP contribution < -0.4 is 11.0 Å². The Labute approximate surface area is 113 Å². The first-order valence-corrected chi connectivity index (χ1v) is 6.16.